The van der Waals surface area contributed by atoms with Crippen LogP contribution in [0.2, 0.25) is 0 Å². The average Bonchev–Trinajstić information content (AvgIpc) is 2.39. The molecule has 0 unspecified atom stereocenters. The van der Waals surface area contributed by atoms with Crippen molar-refractivity contribution in [1.82, 2.24) is 10.3 Å². The number of carbonyl (C=O) groups excluding carboxylic acids is 1. The quantitative estimate of drug-likeness (QED) is 0.844. The Labute approximate surface area is 117 Å². The molecule has 0 spiro atoms. The molecule has 2 N–H and O–H groups in total. The first-order valence-electron chi connectivity index (χ1n) is 6.15. The van der Waals surface area contributed by atoms with Gasteiger partial charge in [-0.3, -0.25) is 9.78 Å². The molecular weight excluding hydrogens is 258 g/mol. The fourth-order valence-electron chi connectivity index (χ4n) is 1.77. The van der Waals surface area contributed by atoms with Gasteiger partial charge in [0.05, 0.1) is 11.2 Å². The molecule has 0 radical (unpaired) electrons. The lowest BCUT2D eigenvalue weighted by molar-refractivity contribution is -0.119. The second kappa shape index (κ2) is 6.24. The molecular formula is C14H15N3OS. The van der Waals surface area contributed by atoms with Crippen LogP contribution in [0.25, 0.3) is 10.9 Å². The van der Waals surface area contributed by atoms with Crippen LogP contribution in [-0.4, -0.2) is 16.0 Å². The maximum atomic E-state index is 11.5. The Morgan fingerprint density at radius 3 is 2.89 bits per heavy atom. The third-order valence-corrected chi connectivity index (χ3v) is 2.82. The predicted molar refractivity (Wildman–Crippen MR) is 81.0 cm³/mol. The molecule has 0 bridgehead atoms. The maximum Gasteiger partial charge on any atom is 0.226 e. The molecule has 1 amide bonds. The Bertz CT molecular complexity index is 607. The van der Waals surface area contributed by atoms with Gasteiger partial charge in [-0.2, -0.15) is 0 Å². The van der Waals surface area contributed by atoms with E-state index in [-0.39, 0.29) is 5.91 Å². The molecule has 0 fully saturated rings. The Morgan fingerprint density at radius 2 is 2.11 bits per heavy atom. The number of hydrogen-bond acceptors (Lipinski definition) is 3. The van der Waals surface area contributed by atoms with E-state index in [0.29, 0.717) is 11.5 Å². The minimum absolute atomic E-state index is 0.0757. The fraction of sp³-hybridized carbons (Fsp3) is 0.214. The number of anilines is 1. The Hall–Kier alpha value is -2.01. The third-order valence-electron chi connectivity index (χ3n) is 2.61. The Morgan fingerprint density at radius 1 is 1.32 bits per heavy atom. The number of rotatable bonds is 3. The van der Waals surface area contributed by atoms with Gasteiger partial charge in [0, 0.05) is 18.0 Å². The van der Waals surface area contributed by atoms with Crippen molar-refractivity contribution in [3.63, 3.8) is 0 Å². The first kappa shape index (κ1) is 13.4. The van der Waals surface area contributed by atoms with Crippen LogP contribution >= 0.6 is 12.2 Å². The zero-order chi connectivity index (χ0) is 13.7. The number of aromatic nitrogens is 1. The molecule has 19 heavy (non-hydrogen) atoms. The first-order valence-corrected chi connectivity index (χ1v) is 6.56. The van der Waals surface area contributed by atoms with E-state index >= 15 is 0 Å². The van der Waals surface area contributed by atoms with E-state index in [4.69, 9.17) is 12.2 Å². The highest BCUT2D eigenvalue weighted by atomic mass is 32.1. The van der Waals surface area contributed by atoms with Crippen LogP contribution in [0, 0.1) is 0 Å². The lowest BCUT2D eigenvalue weighted by Gasteiger charge is -2.10. The number of carbonyl (C=O) groups is 1. The molecule has 0 atom stereocenters. The van der Waals surface area contributed by atoms with Crippen LogP contribution < -0.4 is 10.6 Å². The van der Waals surface area contributed by atoms with Gasteiger partial charge >= 0.3 is 0 Å². The van der Waals surface area contributed by atoms with Crippen LogP contribution in [0.1, 0.15) is 19.8 Å². The number of hydrogen-bond donors (Lipinski definition) is 2. The molecule has 0 aliphatic rings. The highest BCUT2D eigenvalue weighted by molar-refractivity contribution is 7.80. The van der Waals surface area contributed by atoms with E-state index in [1.54, 1.807) is 6.20 Å². The summed E-state index contributed by atoms with van der Waals surface area (Å²) in [6.45, 7) is 1.95. The summed E-state index contributed by atoms with van der Waals surface area (Å²) >= 11 is 5.12. The van der Waals surface area contributed by atoms with Gasteiger partial charge in [-0.05, 0) is 30.8 Å². The number of thiocarbonyl (C=S) groups is 1. The summed E-state index contributed by atoms with van der Waals surface area (Å²) in [6, 6.07) is 9.64. The molecule has 0 aliphatic carbocycles. The van der Waals surface area contributed by atoms with Crippen LogP contribution in [0.4, 0.5) is 5.69 Å². The molecule has 0 saturated heterocycles. The number of para-hydroxylation sites is 1. The van der Waals surface area contributed by atoms with Crippen molar-refractivity contribution in [2.24, 2.45) is 0 Å². The van der Waals surface area contributed by atoms with Crippen LogP contribution in [0.5, 0.6) is 0 Å². The van der Waals surface area contributed by atoms with Crippen molar-refractivity contribution in [3.8, 4) is 0 Å². The van der Waals surface area contributed by atoms with Crippen LogP contribution in [-0.2, 0) is 4.79 Å². The lowest BCUT2D eigenvalue weighted by atomic mass is 10.2. The van der Waals surface area contributed by atoms with Gasteiger partial charge in [0.1, 0.15) is 0 Å². The minimum atomic E-state index is -0.0757. The van der Waals surface area contributed by atoms with Gasteiger partial charge in [-0.25, -0.2) is 0 Å². The smallest absolute Gasteiger partial charge is 0.226 e. The molecule has 0 aliphatic heterocycles. The summed E-state index contributed by atoms with van der Waals surface area (Å²) in [5.41, 5.74) is 1.62. The molecule has 4 nitrogen and oxygen atoms in total. The second-order valence-corrected chi connectivity index (χ2v) is 4.54. The monoisotopic (exact) mass is 273 g/mol. The van der Waals surface area contributed by atoms with Crippen LogP contribution in [0.3, 0.4) is 0 Å². The largest absolute Gasteiger partial charge is 0.331 e. The van der Waals surface area contributed by atoms with E-state index < -0.39 is 0 Å². The average molecular weight is 273 g/mol. The lowest BCUT2D eigenvalue weighted by Crippen LogP contribution is -2.33. The van der Waals surface area contributed by atoms with Crippen LogP contribution in [0.15, 0.2) is 36.5 Å². The molecule has 2 aromatic rings. The highest BCUT2D eigenvalue weighted by Gasteiger charge is 2.06. The van der Waals surface area contributed by atoms with Gasteiger partial charge in [-0.1, -0.05) is 25.1 Å². The molecule has 1 heterocycles. The first-order chi connectivity index (χ1) is 9.20. The Balaban J connectivity index is 2.13. The van der Waals surface area contributed by atoms with Crippen molar-refractivity contribution in [2.45, 2.75) is 19.8 Å². The zero-order valence-electron chi connectivity index (χ0n) is 10.6. The number of pyridine rings is 1. The number of nitrogens with zero attached hydrogens (tertiary/aromatic N) is 1. The maximum absolute atomic E-state index is 11.5. The van der Waals surface area contributed by atoms with Gasteiger partial charge in [0.15, 0.2) is 5.11 Å². The fourth-order valence-corrected chi connectivity index (χ4v) is 2.00. The van der Waals surface area contributed by atoms with E-state index in [2.05, 4.69) is 15.6 Å². The minimum Gasteiger partial charge on any atom is -0.331 e. The van der Waals surface area contributed by atoms with Gasteiger partial charge in [-0.15, -0.1) is 0 Å². The number of benzene rings is 1. The van der Waals surface area contributed by atoms with Gasteiger partial charge in [0.25, 0.3) is 0 Å². The van der Waals surface area contributed by atoms with Crippen molar-refractivity contribution in [3.05, 3.63) is 36.5 Å². The summed E-state index contributed by atoms with van der Waals surface area (Å²) in [5.74, 6) is -0.0757. The van der Waals surface area contributed by atoms with Crippen molar-refractivity contribution < 1.29 is 4.79 Å². The van der Waals surface area contributed by atoms with Crippen molar-refractivity contribution >= 4 is 39.8 Å². The normalized spacial score (nSPS) is 10.2. The molecule has 5 heteroatoms. The van der Waals surface area contributed by atoms with Crippen molar-refractivity contribution in [1.29, 1.82) is 0 Å². The third kappa shape index (κ3) is 3.48. The summed E-state index contributed by atoms with van der Waals surface area (Å²) in [6.07, 6.45) is 2.99. The van der Waals surface area contributed by atoms with E-state index in [1.165, 1.54) is 0 Å². The summed E-state index contributed by atoms with van der Waals surface area (Å²) in [4.78, 5) is 15.8. The van der Waals surface area contributed by atoms with E-state index in [0.717, 1.165) is 23.0 Å². The molecule has 1 aromatic carbocycles. The SMILES string of the molecule is CCCC(=O)NC(=S)Nc1cccc2cccnc12. The molecule has 1 aromatic heterocycles. The Kier molecular flexibility index (Phi) is 4.41. The van der Waals surface area contributed by atoms with E-state index in [9.17, 15) is 4.79 Å². The van der Waals surface area contributed by atoms with Gasteiger partial charge in [0.2, 0.25) is 5.91 Å². The second-order valence-electron chi connectivity index (χ2n) is 4.13. The van der Waals surface area contributed by atoms with E-state index in [1.807, 2.05) is 37.3 Å². The predicted octanol–water partition coefficient (Wildman–Crippen LogP) is 2.85. The number of fused-ring (bicyclic) bond motifs is 1. The summed E-state index contributed by atoms with van der Waals surface area (Å²) in [7, 11) is 0. The standard InChI is InChI=1S/C14H15N3OS/c1-2-5-12(18)17-14(19)16-11-8-3-6-10-7-4-9-15-13(10)11/h3-4,6-9H,2,5H2,1H3,(H2,16,17,18,19). The molecule has 2 rings (SSSR count). The van der Waals surface area contributed by atoms with Gasteiger partial charge < -0.3 is 10.6 Å². The summed E-state index contributed by atoms with van der Waals surface area (Å²) < 4.78 is 0. The summed E-state index contributed by atoms with van der Waals surface area (Å²) in [5, 5.41) is 6.98. The zero-order valence-corrected chi connectivity index (χ0v) is 11.5. The topological polar surface area (TPSA) is 54.0 Å². The molecule has 98 valence electrons. The van der Waals surface area contributed by atoms with Crippen molar-refractivity contribution in [2.75, 3.05) is 5.32 Å². The highest BCUT2D eigenvalue weighted by Crippen LogP contribution is 2.20. The number of nitrogens with one attached hydrogen (secondary N) is 2. The number of amides is 1. The molecule has 0 saturated carbocycles.